The Morgan fingerprint density at radius 1 is 1.00 bits per heavy atom. The quantitative estimate of drug-likeness (QED) is 0.725. The second-order valence-electron chi connectivity index (χ2n) is 7.60. The summed E-state index contributed by atoms with van der Waals surface area (Å²) in [7, 11) is 3.22. The molecule has 0 radical (unpaired) electrons. The van der Waals surface area contributed by atoms with Gasteiger partial charge in [-0.3, -0.25) is 9.59 Å². The van der Waals surface area contributed by atoms with Crippen molar-refractivity contribution in [2.75, 3.05) is 33.9 Å². The van der Waals surface area contributed by atoms with Crippen LogP contribution in [0.25, 0.3) is 0 Å². The van der Waals surface area contributed by atoms with Crippen LogP contribution in [0, 0.1) is 5.92 Å². The largest absolute Gasteiger partial charge is 0.493 e. The highest BCUT2D eigenvalue weighted by molar-refractivity contribution is 5.94. The summed E-state index contributed by atoms with van der Waals surface area (Å²) in [6.45, 7) is 1.99. The van der Waals surface area contributed by atoms with Crippen LogP contribution >= 0.6 is 0 Å². The molecule has 2 aromatic rings. The van der Waals surface area contributed by atoms with Gasteiger partial charge in [0.25, 0.3) is 5.91 Å². The molecule has 1 heterocycles. The Hall–Kier alpha value is -3.02. The lowest BCUT2D eigenvalue weighted by Crippen LogP contribution is -2.39. The zero-order chi connectivity index (χ0) is 21.3. The highest BCUT2D eigenvalue weighted by Crippen LogP contribution is 2.27. The molecule has 2 aromatic carbocycles. The molecule has 3 rings (SSSR count). The summed E-state index contributed by atoms with van der Waals surface area (Å²) in [5.41, 5.74) is 1.81. The molecule has 0 bridgehead atoms. The number of hydrogen-bond acceptors (Lipinski definition) is 4. The third-order valence-corrected chi connectivity index (χ3v) is 5.58. The van der Waals surface area contributed by atoms with Crippen LogP contribution in [0.5, 0.6) is 11.5 Å². The first-order valence-corrected chi connectivity index (χ1v) is 10.4. The highest BCUT2D eigenvalue weighted by Gasteiger charge is 2.24. The molecule has 1 fully saturated rings. The molecule has 0 aliphatic carbocycles. The number of ether oxygens (including phenoxy) is 2. The molecular formula is C24H30N2O4. The number of nitrogens with one attached hydrogen (secondary N) is 1. The van der Waals surface area contributed by atoms with Gasteiger partial charge in [-0.05, 0) is 55.0 Å². The van der Waals surface area contributed by atoms with Gasteiger partial charge in [-0.15, -0.1) is 0 Å². The molecule has 1 aliphatic rings. The summed E-state index contributed by atoms with van der Waals surface area (Å²) in [6, 6.07) is 15.2. The standard InChI is InChI=1S/C24H30N2O4/c1-29-21-9-8-18(16-22(21)30-2)10-13-25-23(27)17-19-11-14-26(15-12-19)24(28)20-6-4-3-5-7-20/h3-9,16,19H,10-15,17H2,1-2H3,(H,25,27). The summed E-state index contributed by atoms with van der Waals surface area (Å²) in [4.78, 5) is 26.7. The average Bonchev–Trinajstić information content (AvgIpc) is 2.79. The summed E-state index contributed by atoms with van der Waals surface area (Å²) in [5.74, 6) is 1.86. The van der Waals surface area contributed by atoms with Gasteiger partial charge in [-0.1, -0.05) is 24.3 Å². The van der Waals surface area contributed by atoms with E-state index in [1.807, 2.05) is 53.4 Å². The lowest BCUT2D eigenvalue weighted by molar-refractivity contribution is -0.122. The topological polar surface area (TPSA) is 67.9 Å². The van der Waals surface area contributed by atoms with Crippen molar-refractivity contribution < 1.29 is 19.1 Å². The minimum atomic E-state index is 0.0725. The van der Waals surface area contributed by atoms with Gasteiger partial charge in [0.1, 0.15) is 0 Å². The second kappa shape index (κ2) is 10.7. The maximum absolute atomic E-state index is 12.5. The molecule has 2 amide bonds. The Labute approximate surface area is 178 Å². The van der Waals surface area contributed by atoms with Crippen LogP contribution in [0.2, 0.25) is 0 Å². The number of amides is 2. The van der Waals surface area contributed by atoms with Crippen molar-refractivity contribution in [2.45, 2.75) is 25.7 Å². The van der Waals surface area contributed by atoms with E-state index in [2.05, 4.69) is 5.32 Å². The van der Waals surface area contributed by atoms with Crippen molar-refractivity contribution in [2.24, 2.45) is 5.92 Å². The van der Waals surface area contributed by atoms with Gasteiger partial charge >= 0.3 is 0 Å². The predicted molar refractivity (Wildman–Crippen MR) is 116 cm³/mol. The van der Waals surface area contributed by atoms with Gasteiger partial charge in [0.15, 0.2) is 11.5 Å². The third kappa shape index (κ3) is 5.75. The number of likely N-dealkylation sites (tertiary alicyclic amines) is 1. The van der Waals surface area contributed by atoms with Crippen molar-refractivity contribution in [3.63, 3.8) is 0 Å². The van der Waals surface area contributed by atoms with Gasteiger partial charge < -0.3 is 19.7 Å². The first-order chi connectivity index (χ1) is 14.6. The SMILES string of the molecule is COc1ccc(CCNC(=O)CC2CCN(C(=O)c3ccccc3)CC2)cc1OC. The first kappa shape index (κ1) is 21.7. The molecule has 6 heteroatoms. The maximum atomic E-state index is 12.5. The molecule has 0 unspecified atom stereocenters. The fraction of sp³-hybridized carbons (Fsp3) is 0.417. The number of carbonyl (C=O) groups is 2. The molecule has 1 N–H and O–H groups in total. The molecule has 0 atom stereocenters. The molecular weight excluding hydrogens is 380 g/mol. The molecule has 0 spiro atoms. The Balaban J connectivity index is 1.38. The number of piperidine rings is 1. The summed E-state index contributed by atoms with van der Waals surface area (Å²) >= 11 is 0. The van der Waals surface area contributed by atoms with Crippen LogP contribution < -0.4 is 14.8 Å². The van der Waals surface area contributed by atoms with Crippen molar-refractivity contribution >= 4 is 11.8 Å². The second-order valence-corrected chi connectivity index (χ2v) is 7.60. The van der Waals surface area contributed by atoms with E-state index < -0.39 is 0 Å². The highest BCUT2D eigenvalue weighted by atomic mass is 16.5. The van der Waals surface area contributed by atoms with Crippen LogP contribution in [0.1, 0.15) is 35.2 Å². The van der Waals surface area contributed by atoms with Crippen molar-refractivity contribution in [3.8, 4) is 11.5 Å². The molecule has 1 saturated heterocycles. The number of carbonyl (C=O) groups excluding carboxylic acids is 2. The normalized spacial score (nSPS) is 14.3. The lowest BCUT2D eigenvalue weighted by atomic mass is 9.93. The van der Waals surface area contributed by atoms with Gasteiger partial charge in [0, 0.05) is 31.6 Å². The van der Waals surface area contributed by atoms with E-state index in [-0.39, 0.29) is 11.8 Å². The minimum Gasteiger partial charge on any atom is -0.493 e. The Bertz CT molecular complexity index is 846. The summed E-state index contributed by atoms with van der Waals surface area (Å²) in [5, 5.41) is 3.01. The van der Waals surface area contributed by atoms with Crippen LogP contribution in [0.15, 0.2) is 48.5 Å². The van der Waals surface area contributed by atoms with Crippen molar-refractivity contribution in [1.82, 2.24) is 10.2 Å². The number of hydrogen-bond donors (Lipinski definition) is 1. The van der Waals surface area contributed by atoms with E-state index >= 15 is 0 Å². The van der Waals surface area contributed by atoms with E-state index in [9.17, 15) is 9.59 Å². The average molecular weight is 411 g/mol. The zero-order valence-corrected chi connectivity index (χ0v) is 17.7. The first-order valence-electron chi connectivity index (χ1n) is 10.4. The van der Waals surface area contributed by atoms with Gasteiger partial charge in [-0.2, -0.15) is 0 Å². The molecule has 160 valence electrons. The lowest BCUT2D eigenvalue weighted by Gasteiger charge is -2.31. The molecule has 0 aromatic heterocycles. The Morgan fingerprint density at radius 2 is 1.70 bits per heavy atom. The van der Waals surface area contributed by atoms with E-state index in [4.69, 9.17) is 9.47 Å². The minimum absolute atomic E-state index is 0.0725. The molecule has 1 aliphatic heterocycles. The summed E-state index contributed by atoms with van der Waals surface area (Å²) < 4.78 is 10.6. The van der Waals surface area contributed by atoms with E-state index in [0.717, 1.165) is 30.4 Å². The fourth-order valence-electron chi connectivity index (χ4n) is 3.82. The van der Waals surface area contributed by atoms with Crippen molar-refractivity contribution in [1.29, 1.82) is 0 Å². The Morgan fingerprint density at radius 3 is 2.37 bits per heavy atom. The van der Waals surface area contributed by atoms with Crippen molar-refractivity contribution in [3.05, 3.63) is 59.7 Å². The fourth-order valence-corrected chi connectivity index (χ4v) is 3.82. The monoisotopic (exact) mass is 410 g/mol. The molecule has 6 nitrogen and oxygen atoms in total. The van der Waals surface area contributed by atoms with E-state index in [1.165, 1.54) is 0 Å². The number of nitrogens with zero attached hydrogens (tertiary/aromatic N) is 1. The smallest absolute Gasteiger partial charge is 0.253 e. The van der Waals surface area contributed by atoms with E-state index in [0.29, 0.717) is 43.5 Å². The van der Waals surface area contributed by atoms with Gasteiger partial charge in [-0.25, -0.2) is 0 Å². The Kier molecular flexibility index (Phi) is 7.71. The van der Waals surface area contributed by atoms with Crippen LogP contribution in [-0.2, 0) is 11.2 Å². The van der Waals surface area contributed by atoms with Crippen LogP contribution in [-0.4, -0.2) is 50.6 Å². The predicted octanol–water partition coefficient (Wildman–Crippen LogP) is 3.31. The zero-order valence-electron chi connectivity index (χ0n) is 17.7. The van der Waals surface area contributed by atoms with Crippen LogP contribution in [0.4, 0.5) is 0 Å². The number of benzene rings is 2. The number of methoxy groups -OCH3 is 2. The molecule has 0 saturated carbocycles. The summed E-state index contributed by atoms with van der Waals surface area (Å²) in [6.07, 6.45) is 2.97. The van der Waals surface area contributed by atoms with Gasteiger partial charge in [0.05, 0.1) is 14.2 Å². The third-order valence-electron chi connectivity index (χ3n) is 5.58. The van der Waals surface area contributed by atoms with Gasteiger partial charge in [0.2, 0.25) is 5.91 Å². The molecule has 30 heavy (non-hydrogen) atoms. The maximum Gasteiger partial charge on any atom is 0.253 e. The van der Waals surface area contributed by atoms with E-state index in [1.54, 1.807) is 14.2 Å². The van der Waals surface area contributed by atoms with Crippen LogP contribution in [0.3, 0.4) is 0 Å². The number of rotatable bonds is 8.